The van der Waals surface area contributed by atoms with E-state index in [-0.39, 0.29) is 6.04 Å². The number of nitrogens with zero attached hydrogens (tertiary/aromatic N) is 2. The van der Waals surface area contributed by atoms with Crippen molar-refractivity contribution in [3.63, 3.8) is 0 Å². The normalized spacial score (nSPS) is 27.7. The van der Waals surface area contributed by atoms with Crippen LogP contribution in [-0.2, 0) is 0 Å². The van der Waals surface area contributed by atoms with E-state index < -0.39 is 18.4 Å². The fraction of sp³-hybridized carbons (Fsp3) is 0.917. The van der Waals surface area contributed by atoms with Gasteiger partial charge in [-0.2, -0.15) is 0 Å². The average molecular weight is 262 g/mol. The van der Waals surface area contributed by atoms with Crippen LogP contribution in [0, 0.1) is 5.92 Å². The van der Waals surface area contributed by atoms with Crippen LogP contribution < -0.4 is 0 Å². The second kappa shape index (κ2) is 5.82. The van der Waals surface area contributed by atoms with Crippen LogP contribution in [0.1, 0.15) is 25.7 Å². The van der Waals surface area contributed by atoms with Crippen molar-refractivity contribution in [1.29, 1.82) is 0 Å². The van der Waals surface area contributed by atoms with Gasteiger partial charge in [-0.05, 0) is 32.2 Å². The molecule has 18 heavy (non-hydrogen) atoms. The zero-order valence-electron chi connectivity index (χ0n) is 10.4. The monoisotopic (exact) mass is 262 g/mol. The number of halogens is 2. The molecule has 6 heteroatoms. The number of amides is 1. The van der Waals surface area contributed by atoms with E-state index in [0.29, 0.717) is 26.1 Å². The van der Waals surface area contributed by atoms with Crippen molar-refractivity contribution in [1.82, 2.24) is 9.80 Å². The summed E-state index contributed by atoms with van der Waals surface area (Å²) in [5.74, 6) is -0.503. The number of hydrogen-bond acceptors (Lipinski definition) is 2. The second-order valence-corrected chi connectivity index (χ2v) is 5.23. The van der Waals surface area contributed by atoms with Gasteiger partial charge in [0.25, 0.3) is 0 Å². The molecule has 0 bridgehead atoms. The van der Waals surface area contributed by atoms with E-state index in [0.717, 1.165) is 25.8 Å². The first-order valence-electron chi connectivity index (χ1n) is 6.58. The first-order valence-corrected chi connectivity index (χ1v) is 6.58. The van der Waals surface area contributed by atoms with Gasteiger partial charge in [-0.25, -0.2) is 13.6 Å². The molecule has 1 amide bonds. The van der Waals surface area contributed by atoms with Crippen molar-refractivity contribution in [3.8, 4) is 0 Å². The third-order valence-electron chi connectivity index (χ3n) is 4.10. The molecule has 2 aliphatic rings. The first kappa shape index (κ1) is 13.5. The Labute approximate surface area is 106 Å². The zero-order chi connectivity index (χ0) is 13.1. The van der Waals surface area contributed by atoms with Gasteiger partial charge in [0.2, 0.25) is 6.43 Å². The lowest BCUT2D eigenvalue weighted by molar-refractivity contribution is 0.00332. The highest BCUT2D eigenvalue weighted by atomic mass is 19.3. The molecule has 2 heterocycles. The second-order valence-electron chi connectivity index (χ2n) is 5.23. The van der Waals surface area contributed by atoms with Gasteiger partial charge >= 0.3 is 6.09 Å². The summed E-state index contributed by atoms with van der Waals surface area (Å²) in [5.41, 5.74) is 0. The molecular weight excluding hydrogens is 242 g/mol. The zero-order valence-corrected chi connectivity index (χ0v) is 10.4. The molecule has 0 aromatic heterocycles. The summed E-state index contributed by atoms with van der Waals surface area (Å²) in [7, 11) is 0. The van der Waals surface area contributed by atoms with Gasteiger partial charge in [0, 0.05) is 31.6 Å². The molecule has 104 valence electrons. The minimum Gasteiger partial charge on any atom is -0.465 e. The molecule has 0 spiro atoms. The molecule has 0 saturated carbocycles. The highest BCUT2D eigenvalue weighted by molar-refractivity contribution is 5.65. The Hall–Kier alpha value is -0.910. The molecule has 2 rings (SSSR count). The largest absolute Gasteiger partial charge is 0.465 e. The molecule has 0 aliphatic carbocycles. The van der Waals surface area contributed by atoms with E-state index >= 15 is 0 Å². The Morgan fingerprint density at radius 1 is 1.17 bits per heavy atom. The third kappa shape index (κ3) is 3.10. The van der Waals surface area contributed by atoms with Gasteiger partial charge in [0.1, 0.15) is 0 Å². The summed E-state index contributed by atoms with van der Waals surface area (Å²) in [5, 5.41) is 8.86. The molecule has 0 aromatic rings. The van der Waals surface area contributed by atoms with Crippen molar-refractivity contribution in [3.05, 3.63) is 0 Å². The fourth-order valence-corrected chi connectivity index (χ4v) is 3.00. The summed E-state index contributed by atoms with van der Waals surface area (Å²) in [4.78, 5) is 14.3. The minimum atomic E-state index is -2.23. The lowest BCUT2D eigenvalue weighted by Gasteiger charge is -2.41. The smallest absolute Gasteiger partial charge is 0.407 e. The third-order valence-corrected chi connectivity index (χ3v) is 4.10. The van der Waals surface area contributed by atoms with Crippen LogP contribution in [0.3, 0.4) is 0 Å². The van der Waals surface area contributed by atoms with E-state index in [1.54, 1.807) is 0 Å². The number of carboxylic acid groups (broad SMARTS) is 1. The first-order chi connectivity index (χ1) is 8.58. The average Bonchev–Trinajstić information content (AvgIpc) is 2.39. The minimum absolute atomic E-state index is 0.280. The van der Waals surface area contributed by atoms with Crippen molar-refractivity contribution in [2.75, 3.05) is 26.2 Å². The maximum absolute atomic E-state index is 12.7. The summed E-state index contributed by atoms with van der Waals surface area (Å²) < 4.78 is 25.4. The topological polar surface area (TPSA) is 43.8 Å². The molecule has 0 aromatic carbocycles. The van der Waals surface area contributed by atoms with Crippen molar-refractivity contribution < 1.29 is 18.7 Å². The van der Waals surface area contributed by atoms with E-state index in [9.17, 15) is 13.6 Å². The maximum atomic E-state index is 12.7. The van der Waals surface area contributed by atoms with Crippen LogP contribution in [-0.4, -0.2) is 59.6 Å². The molecule has 4 nitrogen and oxygen atoms in total. The molecule has 1 unspecified atom stereocenters. The Morgan fingerprint density at radius 3 is 2.39 bits per heavy atom. The molecule has 1 atom stereocenters. The van der Waals surface area contributed by atoms with E-state index in [4.69, 9.17) is 5.11 Å². The van der Waals surface area contributed by atoms with Crippen LogP contribution in [0.2, 0.25) is 0 Å². The van der Waals surface area contributed by atoms with Crippen LogP contribution >= 0.6 is 0 Å². The van der Waals surface area contributed by atoms with Gasteiger partial charge in [-0.15, -0.1) is 0 Å². The highest BCUT2D eigenvalue weighted by Gasteiger charge is 2.32. The predicted octanol–water partition coefficient (Wildman–Crippen LogP) is 2.11. The van der Waals surface area contributed by atoms with Crippen LogP contribution in [0.15, 0.2) is 0 Å². The lowest BCUT2D eigenvalue weighted by Crippen LogP contribution is -2.50. The van der Waals surface area contributed by atoms with Crippen LogP contribution in [0.5, 0.6) is 0 Å². The quantitative estimate of drug-likeness (QED) is 0.829. The molecule has 2 fully saturated rings. The number of likely N-dealkylation sites (tertiary alicyclic amines) is 2. The van der Waals surface area contributed by atoms with Gasteiger partial charge in [0.05, 0.1) is 0 Å². The molecule has 2 saturated heterocycles. The van der Waals surface area contributed by atoms with Crippen molar-refractivity contribution in [2.45, 2.75) is 38.2 Å². The Morgan fingerprint density at radius 2 is 1.83 bits per heavy atom. The van der Waals surface area contributed by atoms with Gasteiger partial charge < -0.3 is 10.0 Å². The lowest BCUT2D eigenvalue weighted by atomic mass is 9.94. The molecule has 0 radical (unpaired) electrons. The summed E-state index contributed by atoms with van der Waals surface area (Å²) in [6, 6.07) is 0.280. The van der Waals surface area contributed by atoms with Crippen molar-refractivity contribution in [2.24, 2.45) is 5.92 Å². The Kier molecular flexibility index (Phi) is 4.37. The maximum Gasteiger partial charge on any atom is 0.407 e. The number of carbonyl (C=O) groups is 1. The van der Waals surface area contributed by atoms with Crippen LogP contribution in [0.25, 0.3) is 0 Å². The number of alkyl halides is 2. The number of piperidine rings is 2. The van der Waals surface area contributed by atoms with E-state index in [1.807, 2.05) is 0 Å². The highest BCUT2D eigenvalue weighted by Crippen LogP contribution is 2.27. The van der Waals surface area contributed by atoms with E-state index in [1.165, 1.54) is 4.90 Å². The fourth-order valence-electron chi connectivity index (χ4n) is 3.00. The molecular formula is C12H20F2N2O2. The summed E-state index contributed by atoms with van der Waals surface area (Å²) in [6.45, 7) is 2.39. The van der Waals surface area contributed by atoms with Gasteiger partial charge in [-0.1, -0.05) is 0 Å². The van der Waals surface area contributed by atoms with Gasteiger partial charge in [-0.3, -0.25) is 4.90 Å². The number of rotatable bonds is 2. The van der Waals surface area contributed by atoms with Crippen LogP contribution in [0.4, 0.5) is 13.6 Å². The predicted molar refractivity (Wildman–Crippen MR) is 62.9 cm³/mol. The number of hydrogen-bond donors (Lipinski definition) is 1. The van der Waals surface area contributed by atoms with Gasteiger partial charge in [0.15, 0.2) is 0 Å². The molecule has 1 N–H and O–H groups in total. The van der Waals surface area contributed by atoms with E-state index in [2.05, 4.69) is 4.90 Å². The Balaban J connectivity index is 1.84. The summed E-state index contributed by atoms with van der Waals surface area (Å²) >= 11 is 0. The summed E-state index contributed by atoms with van der Waals surface area (Å²) in [6.07, 6.45) is -0.134. The Bertz CT molecular complexity index is 294. The standard InChI is InChI=1S/C12H20F2N2O2/c13-11(14)9-2-1-5-16(8-9)10-3-6-15(7-4-10)12(17)18/h9-11H,1-8H2,(H,17,18). The molecule has 2 aliphatic heterocycles. The van der Waals surface area contributed by atoms with Crippen molar-refractivity contribution >= 4 is 6.09 Å². The SMILES string of the molecule is O=C(O)N1CCC(N2CCCC(C(F)F)C2)CC1.